The molecule has 0 heterocycles. The van der Waals surface area contributed by atoms with Crippen molar-refractivity contribution in [2.75, 3.05) is 13.1 Å². The Balaban J connectivity index is 5.12. The third-order valence-electron chi connectivity index (χ3n) is 2.97. The van der Waals surface area contributed by atoms with Crippen LogP contribution >= 0.6 is 0 Å². The van der Waals surface area contributed by atoms with Crippen molar-refractivity contribution < 1.29 is 0 Å². The van der Waals surface area contributed by atoms with E-state index < -0.39 is 16.8 Å². The first-order valence-electron chi connectivity index (χ1n) is 7.37. The molecular weight excluding hydrogens is 254 g/mol. The van der Waals surface area contributed by atoms with Crippen molar-refractivity contribution in [1.82, 2.24) is 14.6 Å². The summed E-state index contributed by atoms with van der Waals surface area (Å²) >= 11 is 0. The van der Waals surface area contributed by atoms with Crippen LogP contribution in [0.1, 0.15) is 47.5 Å². The minimum absolute atomic E-state index is 0.262. The molecule has 0 saturated heterocycles. The van der Waals surface area contributed by atoms with Gasteiger partial charge in [0.1, 0.15) is 8.24 Å². The molecule has 3 nitrogen and oxygen atoms in total. The third-order valence-corrected chi connectivity index (χ3v) is 11.3. The summed E-state index contributed by atoms with van der Waals surface area (Å²) in [5.41, 5.74) is 0. The number of nitrogens with one attached hydrogen (secondary N) is 3. The Hall–Kier alpha value is 0.314. The average Bonchev–Trinajstić information content (AvgIpc) is 2.18. The fourth-order valence-electron chi connectivity index (χ4n) is 2.06. The van der Waals surface area contributed by atoms with Crippen LogP contribution in [0, 0.1) is 0 Å². The Kier molecular flexibility index (Phi) is 7.32. The maximum atomic E-state index is 4.03. The molecule has 0 aliphatic heterocycles. The van der Waals surface area contributed by atoms with E-state index >= 15 is 0 Å². The second-order valence-electron chi connectivity index (χ2n) is 7.23. The van der Waals surface area contributed by atoms with E-state index in [1.165, 1.54) is 12.8 Å². The monoisotopic (exact) mass is 289 g/mol. The molecule has 0 aliphatic carbocycles. The van der Waals surface area contributed by atoms with Gasteiger partial charge in [-0.2, -0.15) is 0 Å². The molecule has 0 aromatic carbocycles. The first kappa shape index (κ1) is 18.3. The van der Waals surface area contributed by atoms with E-state index in [-0.39, 0.29) is 5.04 Å². The van der Waals surface area contributed by atoms with Crippen molar-refractivity contribution in [1.29, 1.82) is 0 Å². The summed E-state index contributed by atoms with van der Waals surface area (Å²) in [5.74, 6) is 0. The number of hydrogen-bond acceptors (Lipinski definition) is 3. The fourth-order valence-corrected chi connectivity index (χ4v) is 11.2. The summed E-state index contributed by atoms with van der Waals surface area (Å²) in [6.07, 6.45) is 2.37. The third kappa shape index (κ3) is 5.97. The molecule has 0 bridgehead atoms. The lowest BCUT2D eigenvalue weighted by atomic mass is 10.3. The van der Waals surface area contributed by atoms with Crippen LogP contribution in [0.25, 0.3) is 0 Å². The van der Waals surface area contributed by atoms with Crippen molar-refractivity contribution in [2.24, 2.45) is 0 Å². The Bertz CT molecular complexity index is 223. The van der Waals surface area contributed by atoms with Crippen LogP contribution in [0.5, 0.6) is 0 Å². The molecule has 0 saturated carbocycles. The maximum Gasteiger partial charge on any atom is 0.280 e. The Labute approximate surface area is 117 Å². The van der Waals surface area contributed by atoms with E-state index in [1.807, 2.05) is 0 Å². The van der Waals surface area contributed by atoms with Gasteiger partial charge in [-0.1, -0.05) is 54.3 Å². The van der Waals surface area contributed by atoms with Crippen LogP contribution in [-0.4, -0.2) is 29.9 Å². The van der Waals surface area contributed by atoms with Gasteiger partial charge in [0.05, 0.1) is 0 Å². The van der Waals surface area contributed by atoms with Crippen molar-refractivity contribution in [3.8, 4) is 0 Å². The molecule has 0 spiro atoms. The highest BCUT2D eigenvalue weighted by Crippen LogP contribution is 2.31. The second-order valence-corrected chi connectivity index (χ2v) is 16.4. The van der Waals surface area contributed by atoms with E-state index in [2.05, 4.69) is 68.9 Å². The molecule has 3 N–H and O–H groups in total. The summed E-state index contributed by atoms with van der Waals surface area (Å²) < 4.78 is 4.03. The molecule has 0 aromatic heterocycles. The maximum absolute atomic E-state index is 4.03. The summed E-state index contributed by atoms with van der Waals surface area (Å²) in [6, 6.07) is 0. The highest BCUT2D eigenvalue weighted by molar-refractivity contribution is 6.90. The van der Waals surface area contributed by atoms with Gasteiger partial charge in [-0.25, -0.2) is 0 Å². The Morgan fingerprint density at radius 2 is 1.22 bits per heavy atom. The summed E-state index contributed by atoms with van der Waals surface area (Å²) in [4.78, 5) is 7.73. The molecule has 0 atom stereocenters. The lowest BCUT2D eigenvalue weighted by Crippen LogP contribution is -2.81. The quantitative estimate of drug-likeness (QED) is 0.601. The van der Waals surface area contributed by atoms with Gasteiger partial charge in [0.15, 0.2) is 0 Å². The molecule has 0 radical (unpaired) electrons. The molecule has 0 fully saturated rings. The van der Waals surface area contributed by atoms with Crippen molar-refractivity contribution >= 4 is 16.8 Å². The first-order chi connectivity index (χ1) is 8.08. The fraction of sp³-hybridized carbons (Fsp3) is 1.00. The van der Waals surface area contributed by atoms with Gasteiger partial charge in [-0.15, -0.1) is 0 Å². The summed E-state index contributed by atoms with van der Waals surface area (Å²) in [6.45, 7) is 20.9. The standard InChI is InChI=1S/C13H35N3Si2/c1-9-11-14-18(13(3,4)5,15-12-10-2)16-17(6,7)8/h14-16H,9-12H2,1-8H3. The Morgan fingerprint density at radius 3 is 1.44 bits per heavy atom. The predicted octanol–water partition coefficient (Wildman–Crippen LogP) is 3.15. The van der Waals surface area contributed by atoms with Crippen LogP contribution in [-0.2, 0) is 0 Å². The van der Waals surface area contributed by atoms with Crippen LogP contribution in [0.3, 0.4) is 0 Å². The van der Waals surface area contributed by atoms with E-state index in [0.717, 1.165) is 13.1 Å². The summed E-state index contributed by atoms with van der Waals surface area (Å²) in [5, 5.41) is 0.262. The van der Waals surface area contributed by atoms with E-state index in [1.54, 1.807) is 0 Å². The molecule has 5 heteroatoms. The van der Waals surface area contributed by atoms with Gasteiger partial charge in [-0.05, 0) is 31.0 Å². The molecule has 110 valence electrons. The highest BCUT2D eigenvalue weighted by atomic mass is 28.4. The first-order valence-corrected chi connectivity index (χ1v) is 12.9. The SMILES string of the molecule is CCCN[Si](NCCC)(N[Si](C)(C)C)C(C)(C)C. The highest BCUT2D eigenvalue weighted by Gasteiger charge is 2.47. The molecule has 0 aliphatic rings. The molecular formula is C13H35N3Si2. The zero-order chi connectivity index (χ0) is 14.4. The van der Waals surface area contributed by atoms with Crippen molar-refractivity contribution in [3.05, 3.63) is 0 Å². The van der Waals surface area contributed by atoms with E-state index in [0.29, 0.717) is 0 Å². The van der Waals surface area contributed by atoms with Gasteiger partial charge < -0.3 is 14.6 Å². The minimum Gasteiger partial charge on any atom is -0.335 e. The summed E-state index contributed by atoms with van der Waals surface area (Å²) in [7, 11) is -3.18. The van der Waals surface area contributed by atoms with Crippen molar-refractivity contribution in [2.45, 2.75) is 72.1 Å². The van der Waals surface area contributed by atoms with Crippen LogP contribution in [0.4, 0.5) is 0 Å². The van der Waals surface area contributed by atoms with Crippen LogP contribution in [0.15, 0.2) is 0 Å². The lowest BCUT2D eigenvalue weighted by Gasteiger charge is -2.47. The van der Waals surface area contributed by atoms with Crippen LogP contribution < -0.4 is 14.6 Å². The van der Waals surface area contributed by atoms with Gasteiger partial charge in [0.2, 0.25) is 0 Å². The Morgan fingerprint density at radius 1 is 0.833 bits per heavy atom. The largest absolute Gasteiger partial charge is 0.335 e. The van der Waals surface area contributed by atoms with Crippen molar-refractivity contribution in [3.63, 3.8) is 0 Å². The van der Waals surface area contributed by atoms with Crippen LogP contribution in [0.2, 0.25) is 24.7 Å². The topological polar surface area (TPSA) is 36.1 Å². The second kappa shape index (κ2) is 7.19. The minimum atomic E-state index is -1.86. The molecule has 18 heavy (non-hydrogen) atoms. The molecule has 0 rings (SSSR count). The number of hydrogen-bond donors (Lipinski definition) is 3. The smallest absolute Gasteiger partial charge is 0.280 e. The van der Waals surface area contributed by atoms with Gasteiger partial charge >= 0.3 is 0 Å². The molecule has 0 amide bonds. The van der Waals surface area contributed by atoms with Gasteiger partial charge in [0.25, 0.3) is 8.56 Å². The van der Waals surface area contributed by atoms with E-state index in [4.69, 9.17) is 0 Å². The average molecular weight is 290 g/mol. The molecule has 0 unspecified atom stereocenters. The zero-order valence-corrected chi connectivity index (χ0v) is 15.8. The predicted molar refractivity (Wildman–Crippen MR) is 88.5 cm³/mol. The van der Waals surface area contributed by atoms with E-state index in [9.17, 15) is 0 Å². The zero-order valence-electron chi connectivity index (χ0n) is 13.8. The normalized spacial score (nSPS) is 14.0. The lowest BCUT2D eigenvalue weighted by molar-refractivity contribution is 0.613. The van der Waals surface area contributed by atoms with Gasteiger partial charge in [0, 0.05) is 0 Å². The molecule has 0 aromatic rings. The number of rotatable bonds is 8. The van der Waals surface area contributed by atoms with Gasteiger partial charge in [-0.3, -0.25) is 0 Å².